The Morgan fingerprint density at radius 2 is 2.06 bits per heavy atom. The molecule has 0 saturated carbocycles. The summed E-state index contributed by atoms with van der Waals surface area (Å²) in [5.74, 6) is 0.00914. The van der Waals surface area contributed by atoms with Gasteiger partial charge in [0.15, 0.2) is 5.75 Å². The maximum Gasteiger partial charge on any atom is 0.446 e. The molecule has 2 rings (SSSR count). The van der Waals surface area contributed by atoms with E-state index in [1.165, 1.54) is 6.20 Å². The third kappa shape index (κ3) is 3.92. The molecule has 2 N–H and O–H groups in total. The molecule has 0 aliphatic heterocycles. The Morgan fingerprint density at radius 1 is 1.41 bits per heavy atom. The number of rotatable bonds is 2. The van der Waals surface area contributed by atoms with Gasteiger partial charge in [0.25, 0.3) is 0 Å². The van der Waals surface area contributed by atoms with Crippen LogP contribution in [-0.2, 0) is 10.4 Å². The number of fused-ring (bicyclic) bond motifs is 1. The number of benzene rings is 1. The van der Waals surface area contributed by atoms with Crippen molar-refractivity contribution in [1.82, 2.24) is 4.98 Å². The minimum atomic E-state index is -4.53. The first kappa shape index (κ1) is 15.9. The van der Waals surface area contributed by atoms with Gasteiger partial charge in [0.05, 0.1) is 10.5 Å². The van der Waals surface area contributed by atoms with Gasteiger partial charge in [-0.2, -0.15) is 8.42 Å². The zero-order valence-corrected chi connectivity index (χ0v) is 14.8. The van der Waals surface area contributed by atoms with E-state index < -0.39 is 10.4 Å². The van der Waals surface area contributed by atoms with Crippen LogP contribution in [0.3, 0.4) is 0 Å². The van der Waals surface area contributed by atoms with Crippen molar-refractivity contribution in [2.75, 3.05) is 0 Å². The second kappa shape index (κ2) is 5.89. The van der Waals surface area contributed by atoms with Crippen molar-refractivity contribution in [3.8, 4) is 5.75 Å². The van der Waals surface area contributed by atoms with Crippen LogP contribution in [0.2, 0.25) is 5.02 Å². The van der Waals surface area contributed by atoms with Crippen molar-refractivity contribution in [1.29, 1.82) is 0 Å². The molecule has 0 amide bonds. The average molecular weight is 366 g/mol. The summed E-state index contributed by atoms with van der Waals surface area (Å²) in [6.07, 6.45) is 1.32. The fraction of sp³-hybridized carbons (Fsp3) is 0. The Balaban J connectivity index is 0.00000144. The minimum absolute atomic E-state index is 0. The zero-order valence-electron chi connectivity index (χ0n) is 8.57. The van der Waals surface area contributed by atoms with Gasteiger partial charge in [-0.05, 0) is 28.1 Å². The summed E-state index contributed by atoms with van der Waals surface area (Å²) in [6.45, 7) is 0. The number of hydrogen-bond donors (Lipinski definition) is 2. The van der Waals surface area contributed by atoms with Crippen LogP contribution in [0.1, 0.15) is 0 Å². The van der Waals surface area contributed by atoms with E-state index in [-0.39, 0.29) is 57.1 Å². The zero-order chi connectivity index (χ0) is 11.9. The van der Waals surface area contributed by atoms with E-state index in [2.05, 4.69) is 25.1 Å². The van der Waals surface area contributed by atoms with Crippen LogP contribution in [0, 0.1) is 0 Å². The fourth-order valence-electron chi connectivity index (χ4n) is 1.27. The SMILES string of the molecule is O=S(=O)(O)Oc1c[nH]c2cc(Cl)c(Br)cc12.[K]. The van der Waals surface area contributed by atoms with Crippen molar-refractivity contribution in [3.05, 3.63) is 27.8 Å². The standard InChI is InChI=1S/C8H5BrClNO4S.K/c9-5-1-4-7(2-6(5)10)11-3-8(4)15-16(12,13)14;/h1-3,11H,(H,12,13,14);. The van der Waals surface area contributed by atoms with E-state index in [4.69, 9.17) is 16.2 Å². The second-order valence-corrected chi connectivity index (χ2v) is 5.26. The first-order valence-corrected chi connectivity index (χ1v) is 6.53. The Hall–Kier alpha value is 0.876. The van der Waals surface area contributed by atoms with Gasteiger partial charge in [-0.1, -0.05) is 11.6 Å². The van der Waals surface area contributed by atoms with Crippen molar-refractivity contribution in [3.63, 3.8) is 0 Å². The smallest absolute Gasteiger partial charge is 0.360 e. The van der Waals surface area contributed by atoms with E-state index in [1.54, 1.807) is 12.1 Å². The molecular formula is C8H5BrClKNO4S. The van der Waals surface area contributed by atoms with Gasteiger partial charge in [-0.15, -0.1) is 0 Å². The van der Waals surface area contributed by atoms with Gasteiger partial charge in [0, 0.05) is 67.4 Å². The molecule has 9 heteroatoms. The van der Waals surface area contributed by atoms with E-state index in [1.807, 2.05) is 0 Å². The molecule has 0 saturated heterocycles. The van der Waals surface area contributed by atoms with Crippen LogP contribution in [0.4, 0.5) is 0 Å². The first-order chi connectivity index (χ1) is 7.37. The normalized spacial score (nSPS) is 11.2. The molecule has 0 aliphatic rings. The van der Waals surface area contributed by atoms with Gasteiger partial charge in [0.2, 0.25) is 0 Å². The predicted octanol–water partition coefficient (Wildman–Crippen LogP) is 2.38. The summed E-state index contributed by atoms with van der Waals surface area (Å²) in [4.78, 5) is 2.77. The number of H-pyrrole nitrogens is 1. The summed E-state index contributed by atoms with van der Waals surface area (Å²) in [5, 5.41) is 0.974. The molecule has 0 aliphatic carbocycles. The third-order valence-corrected chi connectivity index (χ3v) is 3.47. The van der Waals surface area contributed by atoms with E-state index in [9.17, 15) is 8.42 Å². The van der Waals surface area contributed by atoms with Gasteiger partial charge in [-0.25, -0.2) is 0 Å². The molecule has 0 atom stereocenters. The summed E-state index contributed by atoms with van der Waals surface area (Å²) in [5.41, 5.74) is 0.604. The molecule has 1 radical (unpaired) electrons. The molecule has 1 aromatic heterocycles. The summed E-state index contributed by atoms with van der Waals surface area (Å²) < 4.78 is 34.7. The van der Waals surface area contributed by atoms with Crippen LogP contribution in [0.5, 0.6) is 5.75 Å². The predicted molar refractivity (Wildman–Crippen MR) is 68.9 cm³/mol. The van der Waals surface area contributed by atoms with Gasteiger partial charge in [0.1, 0.15) is 0 Å². The van der Waals surface area contributed by atoms with Crippen LogP contribution in [0.25, 0.3) is 10.9 Å². The van der Waals surface area contributed by atoms with Crippen LogP contribution in [0.15, 0.2) is 22.8 Å². The molecule has 2 aromatic rings. The maximum atomic E-state index is 10.6. The molecule has 0 bridgehead atoms. The average Bonchev–Trinajstić information content (AvgIpc) is 2.47. The molecule has 1 aromatic carbocycles. The summed E-state index contributed by atoms with van der Waals surface area (Å²) in [7, 11) is -4.53. The number of aromatic nitrogens is 1. The van der Waals surface area contributed by atoms with Gasteiger partial charge < -0.3 is 9.17 Å². The Labute approximate surface area is 153 Å². The van der Waals surface area contributed by atoms with Crippen molar-refractivity contribution in [2.45, 2.75) is 0 Å². The Kier molecular flexibility index (Phi) is 5.52. The van der Waals surface area contributed by atoms with Crippen molar-refractivity contribution >= 4 is 100 Å². The molecule has 17 heavy (non-hydrogen) atoms. The first-order valence-electron chi connectivity index (χ1n) is 4.00. The Morgan fingerprint density at radius 3 is 2.65 bits per heavy atom. The van der Waals surface area contributed by atoms with Crippen molar-refractivity contribution < 1.29 is 17.2 Å². The molecular weight excluding hydrogens is 361 g/mol. The second-order valence-electron chi connectivity index (χ2n) is 2.98. The number of nitrogens with one attached hydrogen (secondary N) is 1. The molecule has 1 heterocycles. The van der Waals surface area contributed by atoms with Crippen LogP contribution < -0.4 is 4.18 Å². The topological polar surface area (TPSA) is 79.4 Å². The Bertz CT molecular complexity index is 657. The van der Waals surface area contributed by atoms with Crippen LogP contribution in [-0.4, -0.2) is 69.3 Å². The maximum absolute atomic E-state index is 10.6. The van der Waals surface area contributed by atoms with Gasteiger partial charge >= 0.3 is 10.4 Å². The number of halogens is 2. The summed E-state index contributed by atoms with van der Waals surface area (Å²) in [6, 6.07) is 3.20. The quantitative estimate of drug-likeness (QED) is 0.632. The molecule has 0 fully saturated rings. The van der Waals surface area contributed by atoms with Gasteiger partial charge in [-0.3, -0.25) is 4.55 Å². The van der Waals surface area contributed by atoms with E-state index >= 15 is 0 Å². The molecule has 5 nitrogen and oxygen atoms in total. The molecule has 0 spiro atoms. The molecule has 0 unspecified atom stereocenters. The monoisotopic (exact) mass is 364 g/mol. The van der Waals surface area contributed by atoms with Crippen LogP contribution >= 0.6 is 27.5 Å². The minimum Gasteiger partial charge on any atom is -0.360 e. The fourth-order valence-corrected chi connectivity index (χ4v) is 2.15. The van der Waals surface area contributed by atoms with E-state index in [0.717, 1.165) is 0 Å². The van der Waals surface area contributed by atoms with Crippen molar-refractivity contribution in [2.24, 2.45) is 0 Å². The molecule has 87 valence electrons. The third-order valence-electron chi connectivity index (χ3n) is 1.88. The largest absolute Gasteiger partial charge is 0.446 e. The number of aromatic amines is 1. The van der Waals surface area contributed by atoms with E-state index in [0.29, 0.717) is 20.4 Å². The summed E-state index contributed by atoms with van der Waals surface area (Å²) >= 11 is 9.06. The number of hydrogen-bond acceptors (Lipinski definition) is 3.